The molecule has 0 amide bonds. The van der Waals surface area contributed by atoms with E-state index in [1.807, 2.05) is 13.8 Å². The maximum atomic E-state index is 10.7. The van der Waals surface area contributed by atoms with Gasteiger partial charge in [-0.15, -0.1) is 0 Å². The lowest BCUT2D eigenvalue weighted by Gasteiger charge is -2.05. The highest BCUT2D eigenvalue weighted by atomic mass is 16.6. The van der Waals surface area contributed by atoms with Gasteiger partial charge in [-0.1, -0.05) is 12.2 Å². The topological polar surface area (TPSA) is 90.2 Å². The lowest BCUT2D eigenvalue weighted by atomic mass is 10.5. The average Bonchev–Trinajstić information content (AvgIpc) is 2.30. The molecule has 0 fully saturated rings. The number of hydrogen-bond acceptors (Lipinski definition) is 6. The van der Waals surface area contributed by atoms with Gasteiger partial charge < -0.3 is 10.1 Å². The van der Waals surface area contributed by atoms with Gasteiger partial charge in [0.15, 0.2) is 0 Å². The van der Waals surface area contributed by atoms with Gasteiger partial charge in [0, 0.05) is 6.54 Å². The highest BCUT2D eigenvalue weighted by Crippen LogP contribution is 2.24. The second kappa shape index (κ2) is 6.41. The number of nitrogens with zero attached hydrogens (tertiary/aromatic N) is 3. The Kier molecular flexibility index (Phi) is 4.86. The summed E-state index contributed by atoms with van der Waals surface area (Å²) in [6, 6.07) is 0. The van der Waals surface area contributed by atoms with Crippen molar-refractivity contribution in [2.75, 3.05) is 18.5 Å². The Morgan fingerprint density at radius 3 is 3.00 bits per heavy atom. The van der Waals surface area contributed by atoms with Crippen LogP contribution in [0, 0.1) is 10.1 Å². The first-order chi connectivity index (χ1) is 8.19. The summed E-state index contributed by atoms with van der Waals surface area (Å²) < 4.78 is 5.21. The van der Waals surface area contributed by atoms with E-state index in [-0.39, 0.29) is 18.2 Å². The number of hydrogen-bond donors (Lipinski definition) is 1. The molecule has 1 N–H and O–H groups in total. The van der Waals surface area contributed by atoms with E-state index >= 15 is 0 Å². The summed E-state index contributed by atoms with van der Waals surface area (Å²) >= 11 is 0. The maximum absolute atomic E-state index is 10.7. The van der Waals surface area contributed by atoms with Gasteiger partial charge in [-0.2, -0.15) is 4.98 Å². The third kappa shape index (κ3) is 3.71. The predicted molar refractivity (Wildman–Crippen MR) is 63.2 cm³/mol. The van der Waals surface area contributed by atoms with Crippen molar-refractivity contribution in [2.45, 2.75) is 13.8 Å². The Morgan fingerprint density at radius 1 is 1.65 bits per heavy atom. The zero-order valence-electron chi connectivity index (χ0n) is 9.71. The second-order valence-electron chi connectivity index (χ2n) is 3.05. The summed E-state index contributed by atoms with van der Waals surface area (Å²) in [5.74, 6) is 0.285. The number of ether oxygens (including phenoxy) is 1. The highest BCUT2D eigenvalue weighted by Gasteiger charge is 2.18. The van der Waals surface area contributed by atoms with Crippen LogP contribution in [0.5, 0.6) is 5.88 Å². The van der Waals surface area contributed by atoms with Gasteiger partial charge in [0.1, 0.15) is 12.8 Å². The molecule has 7 heteroatoms. The van der Waals surface area contributed by atoms with E-state index in [1.54, 1.807) is 12.2 Å². The molecule has 0 saturated carbocycles. The van der Waals surface area contributed by atoms with Crippen molar-refractivity contribution >= 4 is 11.6 Å². The fraction of sp³-hybridized carbons (Fsp3) is 0.400. The zero-order chi connectivity index (χ0) is 12.7. The standard InChI is InChI=1S/C10H14N4O3/c1-3-5-6-17-9-8(14(15)16)7-12-10(13-9)11-4-2/h3,5,7H,4,6H2,1-2H3,(H,11,12,13)/b5-3+. The molecule has 0 spiro atoms. The lowest BCUT2D eigenvalue weighted by Crippen LogP contribution is -2.06. The summed E-state index contributed by atoms with van der Waals surface area (Å²) in [6.07, 6.45) is 4.66. The van der Waals surface area contributed by atoms with Crippen molar-refractivity contribution in [3.63, 3.8) is 0 Å². The molecule has 0 aliphatic heterocycles. The Balaban J connectivity index is 2.93. The molecule has 92 valence electrons. The van der Waals surface area contributed by atoms with E-state index in [0.29, 0.717) is 12.5 Å². The van der Waals surface area contributed by atoms with E-state index in [4.69, 9.17) is 4.74 Å². The second-order valence-corrected chi connectivity index (χ2v) is 3.05. The van der Waals surface area contributed by atoms with Gasteiger partial charge in [-0.05, 0) is 13.8 Å². The smallest absolute Gasteiger partial charge is 0.349 e. The van der Waals surface area contributed by atoms with Crippen LogP contribution in [0.4, 0.5) is 11.6 Å². The first-order valence-electron chi connectivity index (χ1n) is 5.18. The van der Waals surface area contributed by atoms with E-state index in [2.05, 4.69) is 15.3 Å². The summed E-state index contributed by atoms with van der Waals surface area (Å²) in [6.45, 7) is 4.58. The van der Waals surface area contributed by atoms with Gasteiger partial charge in [-0.3, -0.25) is 10.1 Å². The Labute approximate surface area is 98.7 Å². The largest absolute Gasteiger partial charge is 0.468 e. The van der Waals surface area contributed by atoms with Crippen molar-refractivity contribution in [1.82, 2.24) is 9.97 Å². The van der Waals surface area contributed by atoms with Gasteiger partial charge in [0.05, 0.1) is 4.92 Å². The summed E-state index contributed by atoms with van der Waals surface area (Å²) in [5.41, 5.74) is -0.240. The summed E-state index contributed by atoms with van der Waals surface area (Å²) in [7, 11) is 0. The number of aromatic nitrogens is 2. The van der Waals surface area contributed by atoms with Crippen LogP contribution in [0.1, 0.15) is 13.8 Å². The molecule has 0 aromatic carbocycles. The molecule has 1 heterocycles. The Hall–Kier alpha value is -2.18. The zero-order valence-corrected chi connectivity index (χ0v) is 9.71. The molecule has 0 aliphatic rings. The van der Waals surface area contributed by atoms with Crippen LogP contribution in [0.15, 0.2) is 18.3 Å². The molecular weight excluding hydrogens is 224 g/mol. The quantitative estimate of drug-likeness (QED) is 0.461. The molecule has 0 bridgehead atoms. The molecule has 0 atom stereocenters. The molecule has 1 aromatic heterocycles. The molecule has 0 saturated heterocycles. The average molecular weight is 238 g/mol. The van der Waals surface area contributed by atoms with E-state index in [0.717, 1.165) is 6.20 Å². The minimum absolute atomic E-state index is 0.0287. The predicted octanol–water partition coefficient (Wildman–Crippen LogP) is 1.77. The van der Waals surface area contributed by atoms with E-state index in [1.165, 1.54) is 0 Å². The fourth-order valence-corrected chi connectivity index (χ4v) is 1.06. The number of nitro groups is 1. The molecule has 1 rings (SSSR count). The van der Waals surface area contributed by atoms with Crippen molar-refractivity contribution in [3.8, 4) is 5.88 Å². The highest BCUT2D eigenvalue weighted by molar-refractivity contribution is 5.43. The number of rotatable bonds is 6. The summed E-state index contributed by atoms with van der Waals surface area (Å²) in [4.78, 5) is 17.9. The van der Waals surface area contributed by atoms with Crippen LogP contribution in [0.25, 0.3) is 0 Å². The third-order valence-corrected chi connectivity index (χ3v) is 1.82. The first-order valence-corrected chi connectivity index (χ1v) is 5.18. The molecule has 17 heavy (non-hydrogen) atoms. The normalized spacial score (nSPS) is 10.5. The van der Waals surface area contributed by atoms with Crippen LogP contribution in [0.2, 0.25) is 0 Å². The minimum atomic E-state index is -0.569. The van der Waals surface area contributed by atoms with Gasteiger partial charge in [-0.25, -0.2) is 4.98 Å². The van der Waals surface area contributed by atoms with Crippen molar-refractivity contribution in [1.29, 1.82) is 0 Å². The Bertz CT molecular complexity index is 420. The lowest BCUT2D eigenvalue weighted by molar-refractivity contribution is -0.386. The van der Waals surface area contributed by atoms with Crippen LogP contribution in [-0.4, -0.2) is 28.0 Å². The number of allylic oxidation sites excluding steroid dienone is 1. The fourth-order valence-electron chi connectivity index (χ4n) is 1.06. The molecule has 7 nitrogen and oxygen atoms in total. The molecule has 0 unspecified atom stereocenters. The van der Waals surface area contributed by atoms with Gasteiger partial charge >= 0.3 is 5.69 Å². The molecular formula is C10H14N4O3. The molecule has 0 aliphatic carbocycles. The maximum Gasteiger partial charge on any atom is 0.349 e. The first kappa shape index (κ1) is 12.9. The number of anilines is 1. The minimum Gasteiger partial charge on any atom is -0.468 e. The van der Waals surface area contributed by atoms with Gasteiger partial charge in [0.2, 0.25) is 5.95 Å². The monoisotopic (exact) mass is 238 g/mol. The van der Waals surface area contributed by atoms with Crippen molar-refractivity contribution < 1.29 is 9.66 Å². The van der Waals surface area contributed by atoms with E-state index in [9.17, 15) is 10.1 Å². The number of nitrogens with one attached hydrogen (secondary N) is 1. The van der Waals surface area contributed by atoms with E-state index < -0.39 is 4.92 Å². The van der Waals surface area contributed by atoms with Crippen LogP contribution >= 0.6 is 0 Å². The molecule has 0 radical (unpaired) electrons. The van der Waals surface area contributed by atoms with Crippen LogP contribution in [0.3, 0.4) is 0 Å². The SMILES string of the molecule is C/C=C/COc1nc(NCC)ncc1[N+](=O)[O-]. The van der Waals surface area contributed by atoms with Crippen LogP contribution in [-0.2, 0) is 0 Å². The van der Waals surface area contributed by atoms with Crippen molar-refractivity contribution in [3.05, 3.63) is 28.5 Å². The Morgan fingerprint density at radius 2 is 2.41 bits per heavy atom. The van der Waals surface area contributed by atoms with Gasteiger partial charge in [0.25, 0.3) is 5.88 Å². The summed E-state index contributed by atoms with van der Waals surface area (Å²) in [5, 5.41) is 13.6. The third-order valence-electron chi connectivity index (χ3n) is 1.82. The van der Waals surface area contributed by atoms with Crippen molar-refractivity contribution in [2.24, 2.45) is 0 Å². The molecule has 1 aromatic rings. The van der Waals surface area contributed by atoms with Crippen LogP contribution < -0.4 is 10.1 Å².